The molecule has 1 saturated carbocycles. The highest BCUT2D eigenvalue weighted by atomic mass is 16.5. The van der Waals surface area contributed by atoms with Gasteiger partial charge >= 0.3 is 0 Å². The zero-order chi connectivity index (χ0) is 14.4. The Morgan fingerprint density at radius 2 is 1.85 bits per heavy atom. The van der Waals surface area contributed by atoms with E-state index in [1.54, 1.807) is 14.2 Å². The maximum absolute atomic E-state index is 9.64. The SMILES string of the molecule is COc1ccc(/C=C(/CO)C2CCCCC2)cc1OC. The van der Waals surface area contributed by atoms with E-state index in [-0.39, 0.29) is 6.61 Å². The summed E-state index contributed by atoms with van der Waals surface area (Å²) in [6.45, 7) is 0.138. The molecule has 110 valence electrons. The van der Waals surface area contributed by atoms with Crippen LogP contribution in [-0.4, -0.2) is 25.9 Å². The van der Waals surface area contributed by atoms with Crippen LogP contribution in [0.2, 0.25) is 0 Å². The molecule has 0 unspecified atom stereocenters. The van der Waals surface area contributed by atoms with Crippen LogP contribution in [-0.2, 0) is 0 Å². The molecule has 2 rings (SSSR count). The number of hydrogen-bond donors (Lipinski definition) is 1. The zero-order valence-corrected chi connectivity index (χ0v) is 12.4. The third kappa shape index (κ3) is 3.54. The van der Waals surface area contributed by atoms with Gasteiger partial charge in [0.2, 0.25) is 0 Å². The summed E-state index contributed by atoms with van der Waals surface area (Å²) in [6, 6.07) is 5.86. The Balaban J connectivity index is 2.22. The van der Waals surface area contributed by atoms with Crippen LogP contribution in [0.15, 0.2) is 23.8 Å². The van der Waals surface area contributed by atoms with Crippen molar-refractivity contribution in [3.8, 4) is 11.5 Å². The van der Waals surface area contributed by atoms with Gasteiger partial charge in [-0.1, -0.05) is 31.4 Å². The van der Waals surface area contributed by atoms with Crippen molar-refractivity contribution in [1.82, 2.24) is 0 Å². The van der Waals surface area contributed by atoms with Gasteiger partial charge in [-0.2, -0.15) is 0 Å². The molecule has 20 heavy (non-hydrogen) atoms. The van der Waals surface area contributed by atoms with Crippen molar-refractivity contribution < 1.29 is 14.6 Å². The van der Waals surface area contributed by atoms with Gasteiger partial charge in [-0.05, 0) is 42.0 Å². The van der Waals surface area contributed by atoms with Gasteiger partial charge in [0.25, 0.3) is 0 Å². The minimum atomic E-state index is 0.138. The van der Waals surface area contributed by atoms with Crippen LogP contribution < -0.4 is 9.47 Å². The second kappa shape index (κ2) is 7.34. The molecule has 0 amide bonds. The van der Waals surface area contributed by atoms with Crippen molar-refractivity contribution in [3.05, 3.63) is 29.3 Å². The average Bonchev–Trinajstić information content (AvgIpc) is 2.53. The van der Waals surface area contributed by atoms with E-state index in [9.17, 15) is 5.11 Å². The lowest BCUT2D eigenvalue weighted by Crippen LogP contribution is -2.11. The van der Waals surface area contributed by atoms with Crippen molar-refractivity contribution >= 4 is 6.08 Å². The first-order chi connectivity index (χ1) is 9.78. The van der Waals surface area contributed by atoms with Crippen LogP contribution in [0.25, 0.3) is 6.08 Å². The zero-order valence-electron chi connectivity index (χ0n) is 12.4. The summed E-state index contributed by atoms with van der Waals surface area (Å²) in [5, 5.41) is 9.64. The largest absolute Gasteiger partial charge is 0.493 e. The Morgan fingerprint density at radius 1 is 1.15 bits per heavy atom. The lowest BCUT2D eigenvalue weighted by Gasteiger charge is -2.23. The van der Waals surface area contributed by atoms with Gasteiger partial charge in [-0.3, -0.25) is 0 Å². The van der Waals surface area contributed by atoms with Gasteiger partial charge in [0.15, 0.2) is 11.5 Å². The lowest BCUT2D eigenvalue weighted by molar-refractivity contribution is 0.295. The fourth-order valence-electron chi connectivity index (χ4n) is 2.92. The molecule has 0 saturated heterocycles. The monoisotopic (exact) mass is 276 g/mol. The first-order valence-corrected chi connectivity index (χ1v) is 7.32. The molecule has 3 nitrogen and oxygen atoms in total. The van der Waals surface area contributed by atoms with E-state index in [0.717, 1.165) is 22.6 Å². The Kier molecular flexibility index (Phi) is 5.48. The van der Waals surface area contributed by atoms with Crippen LogP contribution in [0, 0.1) is 5.92 Å². The molecule has 0 atom stereocenters. The summed E-state index contributed by atoms with van der Waals surface area (Å²) in [7, 11) is 3.27. The summed E-state index contributed by atoms with van der Waals surface area (Å²) in [6.07, 6.45) is 8.35. The highest BCUT2D eigenvalue weighted by molar-refractivity contribution is 5.58. The van der Waals surface area contributed by atoms with Crippen LogP contribution in [0.1, 0.15) is 37.7 Å². The number of hydrogen-bond acceptors (Lipinski definition) is 3. The minimum Gasteiger partial charge on any atom is -0.493 e. The van der Waals surface area contributed by atoms with Gasteiger partial charge < -0.3 is 14.6 Å². The van der Waals surface area contributed by atoms with Crippen LogP contribution in [0.5, 0.6) is 11.5 Å². The van der Waals surface area contributed by atoms with Gasteiger partial charge in [0, 0.05) is 0 Å². The molecule has 3 heteroatoms. The summed E-state index contributed by atoms with van der Waals surface area (Å²) in [5.74, 6) is 1.98. The average molecular weight is 276 g/mol. The fourth-order valence-corrected chi connectivity index (χ4v) is 2.92. The summed E-state index contributed by atoms with van der Waals surface area (Å²) in [4.78, 5) is 0. The highest BCUT2D eigenvalue weighted by Crippen LogP contribution is 2.32. The second-order valence-electron chi connectivity index (χ2n) is 5.33. The van der Waals surface area contributed by atoms with Crippen molar-refractivity contribution in [2.24, 2.45) is 5.92 Å². The molecule has 1 aliphatic rings. The topological polar surface area (TPSA) is 38.7 Å². The Morgan fingerprint density at radius 3 is 2.45 bits per heavy atom. The predicted octanol–water partition coefficient (Wildman–Crippen LogP) is 3.66. The summed E-state index contributed by atoms with van der Waals surface area (Å²) >= 11 is 0. The molecule has 0 aliphatic heterocycles. The van der Waals surface area contributed by atoms with Crippen LogP contribution >= 0.6 is 0 Å². The number of benzene rings is 1. The quantitative estimate of drug-likeness (QED) is 0.892. The van der Waals surface area contributed by atoms with E-state index in [1.165, 1.54) is 32.1 Å². The third-order valence-electron chi connectivity index (χ3n) is 4.07. The van der Waals surface area contributed by atoms with Crippen molar-refractivity contribution in [3.63, 3.8) is 0 Å². The molecule has 0 aromatic heterocycles. The molecular weight excluding hydrogens is 252 g/mol. The molecule has 1 aromatic carbocycles. The number of rotatable bonds is 5. The highest BCUT2D eigenvalue weighted by Gasteiger charge is 2.17. The van der Waals surface area contributed by atoms with Gasteiger partial charge in [-0.25, -0.2) is 0 Å². The molecule has 1 fully saturated rings. The normalized spacial score (nSPS) is 17.1. The van der Waals surface area contributed by atoms with E-state index in [2.05, 4.69) is 6.08 Å². The predicted molar refractivity (Wildman–Crippen MR) is 81.2 cm³/mol. The smallest absolute Gasteiger partial charge is 0.161 e. The van der Waals surface area contributed by atoms with Crippen molar-refractivity contribution in [2.45, 2.75) is 32.1 Å². The lowest BCUT2D eigenvalue weighted by atomic mass is 9.83. The molecule has 0 radical (unpaired) electrons. The molecule has 1 aliphatic carbocycles. The molecule has 0 heterocycles. The Labute approximate surface area is 121 Å². The van der Waals surface area contributed by atoms with Gasteiger partial charge in [0.1, 0.15) is 0 Å². The number of methoxy groups -OCH3 is 2. The summed E-state index contributed by atoms with van der Waals surface area (Å²) < 4.78 is 10.6. The molecular formula is C17H24O3. The Hall–Kier alpha value is -1.48. The first-order valence-electron chi connectivity index (χ1n) is 7.32. The molecule has 0 spiro atoms. The number of aliphatic hydroxyl groups is 1. The molecule has 0 bridgehead atoms. The van der Waals surface area contributed by atoms with Gasteiger partial charge in [0.05, 0.1) is 20.8 Å². The number of ether oxygens (including phenoxy) is 2. The van der Waals surface area contributed by atoms with Gasteiger partial charge in [-0.15, -0.1) is 0 Å². The maximum atomic E-state index is 9.64. The standard InChI is InChI=1S/C17H24O3/c1-19-16-9-8-13(11-17(16)20-2)10-15(12-18)14-6-4-3-5-7-14/h8-11,14,18H,3-7,12H2,1-2H3/b15-10-. The maximum Gasteiger partial charge on any atom is 0.161 e. The third-order valence-corrected chi connectivity index (χ3v) is 4.07. The van der Waals surface area contributed by atoms with Crippen molar-refractivity contribution in [2.75, 3.05) is 20.8 Å². The van der Waals surface area contributed by atoms with Crippen molar-refractivity contribution in [1.29, 1.82) is 0 Å². The van der Waals surface area contributed by atoms with E-state index in [4.69, 9.17) is 9.47 Å². The second-order valence-corrected chi connectivity index (χ2v) is 5.33. The van der Waals surface area contributed by atoms with E-state index in [0.29, 0.717) is 5.92 Å². The molecule has 1 N–H and O–H groups in total. The van der Waals surface area contributed by atoms with E-state index in [1.807, 2.05) is 18.2 Å². The van der Waals surface area contributed by atoms with E-state index < -0.39 is 0 Å². The first kappa shape index (κ1) is 14.9. The molecule has 1 aromatic rings. The number of aliphatic hydroxyl groups excluding tert-OH is 1. The minimum absolute atomic E-state index is 0.138. The van der Waals surface area contributed by atoms with E-state index >= 15 is 0 Å². The van der Waals surface area contributed by atoms with Crippen LogP contribution in [0.4, 0.5) is 0 Å². The fraction of sp³-hybridized carbons (Fsp3) is 0.529. The summed E-state index contributed by atoms with van der Waals surface area (Å²) in [5.41, 5.74) is 2.19. The Bertz CT molecular complexity index is 459. The van der Waals surface area contributed by atoms with Crippen LogP contribution in [0.3, 0.4) is 0 Å².